The Bertz CT molecular complexity index is 598. The third-order valence-corrected chi connectivity index (χ3v) is 3.67. The molecule has 0 fully saturated rings. The van der Waals surface area contributed by atoms with E-state index in [9.17, 15) is 4.79 Å². The van der Waals surface area contributed by atoms with Gasteiger partial charge >= 0.3 is 0 Å². The molecule has 0 atom stereocenters. The molecule has 2 aromatic heterocycles. The SMILES string of the molecule is Cc1ccc(CCNC(=O)/C=C/c2cc(CO)cs2)o1. The summed E-state index contributed by atoms with van der Waals surface area (Å²) in [6.45, 7) is 2.47. The van der Waals surface area contributed by atoms with Crippen LogP contribution < -0.4 is 5.32 Å². The van der Waals surface area contributed by atoms with Gasteiger partial charge in [0, 0.05) is 23.9 Å². The molecule has 0 aliphatic rings. The third-order valence-electron chi connectivity index (χ3n) is 2.72. The van der Waals surface area contributed by atoms with E-state index >= 15 is 0 Å². The van der Waals surface area contributed by atoms with E-state index in [2.05, 4.69) is 5.32 Å². The van der Waals surface area contributed by atoms with Crippen molar-refractivity contribution in [3.8, 4) is 0 Å². The van der Waals surface area contributed by atoms with Crippen LogP contribution in [0.3, 0.4) is 0 Å². The maximum absolute atomic E-state index is 11.6. The number of furan rings is 1. The minimum atomic E-state index is -0.132. The molecular formula is C15H17NO3S. The van der Waals surface area contributed by atoms with Gasteiger partial charge in [-0.1, -0.05) is 0 Å². The average Bonchev–Trinajstić information content (AvgIpc) is 3.05. The predicted octanol–water partition coefficient (Wildman–Crippen LogP) is 2.51. The molecular weight excluding hydrogens is 274 g/mol. The summed E-state index contributed by atoms with van der Waals surface area (Å²) in [5, 5.41) is 13.6. The topological polar surface area (TPSA) is 62.5 Å². The number of carbonyl (C=O) groups excluding carboxylic acids is 1. The van der Waals surface area contributed by atoms with Crippen LogP contribution in [0.4, 0.5) is 0 Å². The molecule has 106 valence electrons. The normalized spacial score (nSPS) is 11.1. The monoisotopic (exact) mass is 291 g/mol. The molecule has 2 N–H and O–H groups in total. The number of carbonyl (C=O) groups is 1. The van der Waals surface area contributed by atoms with E-state index in [-0.39, 0.29) is 12.5 Å². The zero-order valence-corrected chi connectivity index (χ0v) is 12.1. The van der Waals surface area contributed by atoms with Crippen LogP contribution in [0.1, 0.15) is 22.0 Å². The van der Waals surface area contributed by atoms with Crippen molar-refractivity contribution in [3.63, 3.8) is 0 Å². The molecule has 1 amide bonds. The standard InChI is InChI=1S/C15H17NO3S/c1-11-2-3-13(19-11)6-7-16-15(18)5-4-14-8-12(9-17)10-20-14/h2-5,8,10,17H,6-7,9H2,1H3,(H,16,18)/b5-4+. The minimum absolute atomic E-state index is 0.0269. The molecule has 4 nitrogen and oxygen atoms in total. The van der Waals surface area contributed by atoms with Crippen molar-refractivity contribution in [2.24, 2.45) is 0 Å². The molecule has 20 heavy (non-hydrogen) atoms. The first-order valence-corrected chi connectivity index (χ1v) is 7.25. The number of aryl methyl sites for hydroxylation is 1. The number of hydrogen-bond donors (Lipinski definition) is 2. The number of amides is 1. The van der Waals surface area contributed by atoms with Crippen LogP contribution in [0.2, 0.25) is 0 Å². The van der Waals surface area contributed by atoms with E-state index < -0.39 is 0 Å². The minimum Gasteiger partial charge on any atom is -0.466 e. The number of thiophene rings is 1. The molecule has 2 heterocycles. The molecule has 0 aromatic carbocycles. The van der Waals surface area contributed by atoms with Crippen molar-refractivity contribution in [3.05, 3.63) is 51.6 Å². The van der Waals surface area contributed by atoms with E-state index in [0.29, 0.717) is 13.0 Å². The summed E-state index contributed by atoms with van der Waals surface area (Å²) in [5.74, 6) is 1.62. The first kappa shape index (κ1) is 14.6. The van der Waals surface area contributed by atoms with Gasteiger partial charge in [-0.25, -0.2) is 0 Å². The summed E-state index contributed by atoms with van der Waals surface area (Å²) in [7, 11) is 0. The van der Waals surface area contributed by atoms with Crippen LogP contribution in [0.5, 0.6) is 0 Å². The van der Waals surface area contributed by atoms with E-state index in [1.165, 1.54) is 17.4 Å². The molecule has 0 aliphatic carbocycles. The molecule has 0 unspecified atom stereocenters. The Morgan fingerprint density at radius 3 is 3.00 bits per heavy atom. The van der Waals surface area contributed by atoms with Gasteiger partial charge in [-0.3, -0.25) is 4.79 Å². The fraction of sp³-hybridized carbons (Fsp3) is 0.267. The van der Waals surface area contributed by atoms with Crippen LogP contribution in [0.25, 0.3) is 6.08 Å². The van der Waals surface area contributed by atoms with E-state index in [0.717, 1.165) is 22.0 Å². The van der Waals surface area contributed by atoms with Gasteiger partial charge in [0.2, 0.25) is 5.91 Å². The lowest BCUT2D eigenvalue weighted by Crippen LogP contribution is -2.23. The third kappa shape index (κ3) is 4.36. The van der Waals surface area contributed by atoms with Gasteiger partial charge in [0.15, 0.2) is 0 Å². The van der Waals surface area contributed by atoms with Crippen molar-refractivity contribution in [2.75, 3.05) is 6.54 Å². The Balaban J connectivity index is 1.74. The maximum atomic E-state index is 11.6. The quantitative estimate of drug-likeness (QED) is 0.804. The van der Waals surface area contributed by atoms with Crippen LogP contribution in [-0.2, 0) is 17.8 Å². The van der Waals surface area contributed by atoms with Gasteiger partial charge in [-0.15, -0.1) is 11.3 Å². The molecule has 2 rings (SSSR count). The van der Waals surface area contributed by atoms with Crippen LogP contribution in [-0.4, -0.2) is 17.6 Å². The molecule has 0 radical (unpaired) electrons. The Kier molecular flexibility index (Phi) is 5.15. The second-order valence-electron chi connectivity index (χ2n) is 4.40. The van der Waals surface area contributed by atoms with Gasteiger partial charge in [0.25, 0.3) is 0 Å². The van der Waals surface area contributed by atoms with Crippen LogP contribution in [0.15, 0.2) is 34.1 Å². The summed E-state index contributed by atoms with van der Waals surface area (Å²) >= 11 is 1.50. The van der Waals surface area contributed by atoms with Gasteiger partial charge in [0.05, 0.1) is 6.61 Å². The summed E-state index contributed by atoms with van der Waals surface area (Å²) < 4.78 is 5.42. The van der Waals surface area contributed by atoms with Crippen molar-refractivity contribution in [2.45, 2.75) is 20.0 Å². The Labute approximate surface area is 121 Å². The summed E-state index contributed by atoms with van der Waals surface area (Å²) in [6, 6.07) is 5.69. The van der Waals surface area contributed by atoms with Crippen molar-refractivity contribution in [1.29, 1.82) is 0 Å². The van der Waals surface area contributed by atoms with E-state index in [1.807, 2.05) is 30.5 Å². The van der Waals surface area contributed by atoms with Gasteiger partial charge < -0.3 is 14.8 Å². The van der Waals surface area contributed by atoms with Crippen LogP contribution >= 0.6 is 11.3 Å². The highest BCUT2D eigenvalue weighted by Gasteiger charge is 2.00. The van der Waals surface area contributed by atoms with E-state index in [1.54, 1.807) is 6.08 Å². The fourth-order valence-electron chi connectivity index (χ4n) is 1.71. The zero-order valence-electron chi connectivity index (χ0n) is 11.3. The van der Waals surface area contributed by atoms with Crippen molar-refractivity contribution < 1.29 is 14.3 Å². The molecule has 2 aromatic rings. The molecule has 5 heteroatoms. The molecule has 0 saturated heterocycles. The van der Waals surface area contributed by atoms with Crippen molar-refractivity contribution >= 4 is 23.3 Å². The van der Waals surface area contributed by atoms with Gasteiger partial charge in [-0.05, 0) is 42.1 Å². The highest BCUT2D eigenvalue weighted by Crippen LogP contribution is 2.15. The van der Waals surface area contributed by atoms with Crippen molar-refractivity contribution in [1.82, 2.24) is 5.32 Å². The molecule has 0 spiro atoms. The second-order valence-corrected chi connectivity index (χ2v) is 5.34. The Hall–Kier alpha value is -1.85. The summed E-state index contributed by atoms with van der Waals surface area (Å²) in [6.07, 6.45) is 3.93. The lowest BCUT2D eigenvalue weighted by atomic mass is 10.3. The zero-order chi connectivity index (χ0) is 14.4. The summed E-state index contributed by atoms with van der Waals surface area (Å²) in [5.41, 5.74) is 0.864. The lowest BCUT2D eigenvalue weighted by Gasteiger charge is -1.99. The number of aliphatic hydroxyl groups is 1. The fourth-order valence-corrected chi connectivity index (χ4v) is 2.51. The number of rotatable bonds is 6. The van der Waals surface area contributed by atoms with Gasteiger partial charge in [-0.2, -0.15) is 0 Å². The van der Waals surface area contributed by atoms with Crippen LogP contribution in [0, 0.1) is 6.92 Å². The number of nitrogens with one attached hydrogen (secondary N) is 1. The smallest absolute Gasteiger partial charge is 0.244 e. The number of aliphatic hydroxyl groups excluding tert-OH is 1. The molecule has 0 bridgehead atoms. The highest BCUT2D eigenvalue weighted by atomic mass is 32.1. The van der Waals surface area contributed by atoms with Gasteiger partial charge in [0.1, 0.15) is 11.5 Å². The average molecular weight is 291 g/mol. The maximum Gasteiger partial charge on any atom is 0.244 e. The first-order valence-electron chi connectivity index (χ1n) is 6.37. The number of hydrogen-bond acceptors (Lipinski definition) is 4. The Morgan fingerprint density at radius 2 is 2.35 bits per heavy atom. The predicted molar refractivity (Wildman–Crippen MR) is 79.4 cm³/mol. The van der Waals surface area contributed by atoms with E-state index in [4.69, 9.17) is 9.52 Å². The molecule has 0 saturated carbocycles. The molecule has 0 aliphatic heterocycles. The largest absolute Gasteiger partial charge is 0.466 e. The first-order chi connectivity index (χ1) is 9.67. The lowest BCUT2D eigenvalue weighted by molar-refractivity contribution is -0.116. The highest BCUT2D eigenvalue weighted by molar-refractivity contribution is 7.11. The second kappa shape index (κ2) is 7.07. The Morgan fingerprint density at radius 1 is 1.50 bits per heavy atom. The summed E-state index contributed by atoms with van der Waals surface area (Å²) in [4.78, 5) is 12.6.